The van der Waals surface area contributed by atoms with Gasteiger partial charge >= 0.3 is 0 Å². The number of rotatable bonds is 4. The number of carbonyl (C=O) groups is 1. The van der Waals surface area contributed by atoms with E-state index >= 15 is 0 Å². The van der Waals surface area contributed by atoms with Gasteiger partial charge in [-0.15, -0.1) is 0 Å². The number of anilines is 1. The molecule has 2 rings (SSSR count). The zero-order valence-corrected chi connectivity index (χ0v) is 11.5. The summed E-state index contributed by atoms with van der Waals surface area (Å²) >= 11 is 5.80. The van der Waals surface area contributed by atoms with Crippen molar-refractivity contribution >= 4 is 33.0 Å². The summed E-state index contributed by atoms with van der Waals surface area (Å²) in [5, 5.41) is 7.23. The molecule has 0 aliphatic carbocycles. The molecule has 0 spiro atoms. The first-order chi connectivity index (χ1) is 8.94. The van der Waals surface area contributed by atoms with E-state index in [1.165, 1.54) is 5.41 Å². The van der Waals surface area contributed by atoms with Crippen LogP contribution in [0.2, 0.25) is 5.02 Å². The minimum atomic E-state index is -3.10. The van der Waals surface area contributed by atoms with Crippen molar-refractivity contribution in [3.8, 4) is 0 Å². The lowest BCUT2D eigenvalue weighted by atomic mass is 10.3. The van der Waals surface area contributed by atoms with E-state index in [4.69, 9.17) is 11.6 Å². The molecular weight excluding hydrogens is 288 g/mol. The predicted molar refractivity (Wildman–Crippen MR) is 74.8 cm³/mol. The topological polar surface area (TPSA) is 75.3 Å². The van der Waals surface area contributed by atoms with Crippen LogP contribution in [-0.2, 0) is 14.6 Å². The predicted octanol–water partition coefficient (Wildman–Crippen LogP) is 1.18. The lowest BCUT2D eigenvalue weighted by Gasteiger charge is -2.10. The summed E-state index contributed by atoms with van der Waals surface area (Å²) in [6.07, 6.45) is 1.54. The van der Waals surface area contributed by atoms with Crippen LogP contribution in [0.25, 0.3) is 0 Å². The molecule has 19 heavy (non-hydrogen) atoms. The van der Waals surface area contributed by atoms with Gasteiger partial charge in [0.1, 0.15) is 0 Å². The number of benzene rings is 1. The summed E-state index contributed by atoms with van der Waals surface area (Å²) in [4.78, 5) is 11.7. The van der Waals surface area contributed by atoms with Crippen LogP contribution in [0.15, 0.2) is 35.7 Å². The van der Waals surface area contributed by atoms with Gasteiger partial charge in [-0.1, -0.05) is 23.7 Å². The number of carbonyl (C=O) groups excluding carboxylic acids is 1. The number of sulfone groups is 1. The first-order valence-corrected chi connectivity index (χ1v) is 7.74. The van der Waals surface area contributed by atoms with E-state index in [0.717, 1.165) is 0 Å². The maximum atomic E-state index is 11.7. The highest BCUT2D eigenvalue weighted by Gasteiger charge is 2.21. The fourth-order valence-electron chi connectivity index (χ4n) is 1.70. The largest absolute Gasteiger partial charge is 0.325 e. The first kappa shape index (κ1) is 14.0. The van der Waals surface area contributed by atoms with E-state index in [9.17, 15) is 13.2 Å². The van der Waals surface area contributed by atoms with Crippen molar-refractivity contribution in [2.45, 2.75) is 6.04 Å². The minimum Gasteiger partial charge on any atom is -0.325 e. The Labute approximate surface area is 116 Å². The average molecular weight is 301 g/mol. The second kappa shape index (κ2) is 5.73. The molecule has 1 unspecified atom stereocenters. The summed E-state index contributed by atoms with van der Waals surface area (Å²) in [6.45, 7) is 0.0387. The molecule has 1 aromatic rings. The molecule has 2 N–H and O–H groups in total. The normalized spacial score (nSPS) is 20.4. The average Bonchev–Trinajstić information content (AvgIpc) is 2.66. The number of hydrogen-bond donors (Lipinski definition) is 2. The van der Waals surface area contributed by atoms with Crippen molar-refractivity contribution in [1.82, 2.24) is 5.32 Å². The third-order valence-corrected chi connectivity index (χ3v) is 4.19. The van der Waals surface area contributed by atoms with Gasteiger partial charge in [-0.3, -0.25) is 4.79 Å². The van der Waals surface area contributed by atoms with Gasteiger partial charge in [-0.2, -0.15) is 0 Å². The van der Waals surface area contributed by atoms with Crippen LogP contribution in [0.5, 0.6) is 0 Å². The van der Waals surface area contributed by atoms with Gasteiger partial charge in [0.2, 0.25) is 5.91 Å². The van der Waals surface area contributed by atoms with Gasteiger partial charge in [-0.05, 0) is 18.2 Å². The van der Waals surface area contributed by atoms with E-state index in [1.807, 2.05) is 0 Å². The maximum Gasteiger partial charge on any atom is 0.238 e. The highest BCUT2D eigenvalue weighted by molar-refractivity contribution is 7.94. The van der Waals surface area contributed by atoms with Crippen molar-refractivity contribution in [1.29, 1.82) is 0 Å². The molecule has 1 aromatic carbocycles. The standard InChI is InChI=1S/C12H13ClN2O3S/c13-9-2-1-3-10(6-9)15-12(16)7-14-11-4-5-19(17,18)8-11/h1-6,11,14H,7-8H2,(H,15,16). The van der Waals surface area contributed by atoms with E-state index in [0.29, 0.717) is 10.7 Å². The van der Waals surface area contributed by atoms with Crippen LogP contribution in [-0.4, -0.2) is 32.7 Å². The Morgan fingerprint density at radius 1 is 1.42 bits per heavy atom. The second-order valence-electron chi connectivity index (χ2n) is 4.20. The van der Waals surface area contributed by atoms with Crippen LogP contribution in [0.1, 0.15) is 0 Å². The van der Waals surface area contributed by atoms with Crippen LogP contribution in [0, 0.1) is 0 Å². The fourth-order valence-corrected chi connectivity index (χ4v) is 3.16. The molecule has 0 saturated carbocycles. The quantitative estimate of drug-likeness (QED) is 0.875. The number of nitrogens with one attached hydrogen (secondary N) is 2. The zero-order valence-electron chi connectivity index (χ0n) is 9.97. The van der Waals surface area contributed by atoms with Crippen LogP contribution >= 0.6 is 11.6 Å². The molecule has 0 aromatic heterocycles. The van der Waals surface area contributed by atoms with E-state index < -0.39 is 9.84 Å². The van der Waals surface area contributed by atoms with Crippen molar-refractivity contribution in [3.63, 3.8) is 0 Å². The molecule has 5 nitrogen and oxygen atoms in total. The van der Waals surface area contributed by atoms with Gasteiger partial charge in [-0.25, -0.2) is 8.42 Å². The molecule has 0 fully saturated rings. The van der Waals surface area contributed by atoms with Crippen LogP contribution < -0.4 is 10.6 Å². The van der Waals surface area contributed by atoms with E-state index in [-0.39, 0.29) is 24.2 Å². The molecule has 7 heteroatoms. The van der Waals surface area contributed by atoms with Crippen molar-refractivity contribution < 1.29 is 13.2 Å². The van der Waals surface area contributed by atoms with Crippen molar-refractivity contribution in [2.75, 3.05) is 17.6 Å². The Kier molecular flexibility index (Phi) is 4.24. The third kappa shape index (κ3) is 4.34. The lowest BCUT2D eigenvalue weighted by molar-refractivity contribution is -0.115. The van der Waals surface area contributed by atoms with Crippen LogP contribution in [0.3, 0.4) is 0 Å². The molecule has 1 aliphatic heterocycles. The molecule has 0 bridgehead atoms. The summed E-state index contributed by atoms with van der Waals surface area (Å²) in [7, 11) is -3.10. The molecular formula is C12H13ClN2O3S. The molecule has 1 aliphatic rings. The summed E-state index contributed by atoms with van der Waals surface area (Å²) in [6, 6.07) is 6.50. The monoisotopic (exact) mass is 300 g/mol. The zero-order chi connectivity index (χ0) is 13.9. The summed E-state index contributed by atoms with van der Waals surface area (Å²) in [5.74, 6) is -0.253. The Hall–Kier alpha value is -1.37. The van der Waals surface area contributed by atoms with Crippen molar-refractivity contribution in [2.24, 2.45) is 0 Å². The highest BCUT2D eigenvalue weighted by Crippen LogP contribution is 2.14. The Morgan fingerprint density at radius 3 is 2.84 bits per heavy atom. The van der Waals surface area contributed by atoms with E-state index in [1.54, 1.807) is 30.3 Å². The Balaban J connectivity index is 1.81. The Morgan fingerprint density at radius 2 is 2.21 bits per heavy atom. The summed E-state index contributed by atoms with van der Waals surface area (Å²) in [5.41, 5.74) is 0.605. The minimum absolute atomic E-state index is 0.00253. The molecule has 102 valence electrons. The van der Waals surface area contributed by atoms with Gasteiger partial charge < -0.3 is 10.6 Å². The smallest absolute Gasteiger partial charge is 0.238 e. The number of amides is 1. The molecule has 0 saturated heterocycles. The van der Waals surface area contributed by atoms with Gasteiger partial charge in [0.05, 0.1) is 12.3 Å². The number of halogens is 1. The molecule has 0 radical (unpaired) electrons. The SMILES string of the molecule is O=C(CNC1C=CS(=O)(=O)C1)Nc1cccc(Cl)c1. The van der Waals surface area contributed by atoms with Crippen LogP contribution in [0.4, 0.5) is 5.69 Å². The van der Waals surface area contributed by atoms with Gasteiger partial charge in [0, 0.05) is 22.2 Å². The molecule has 1 atom stereocenters. The van der Waals surface area contributed by atoms with E-state index in [2.05, 4.69) is 10.6 Å². The second-order valence-corrected chi connectivity index (χ2v) is 6.57. The van der Waals surface area contributed by atoms with Gasteiger partial charge in [0.15, 0.2) is 9.84 Å². The fraction of sp³-hybridized carbons (Fsp3) is 0.250. The summed E-state index contributed by atoms with van der Waals surface area (Å²) < 4.78 is 22.3. The molecule has 1 heterocycles. The molecule has 1 amide bonds. The van der Waals surface area contributed by atoms with Gasteiger partial charge in [0.25, 0.3) is 0 Å². The lowest BCUT2D eigenvalue weighted by Crippen LogP contribution is -2.36. The highest BCUT2D eigenvalue weighted by atomic mass is 35.5. The third-order valence-electron chi connectivity index (χ3n) is 2.56. The number of hydrogen-bond acceptors (Lipinski definition) is 4. The Bertz CT molecular complexity index is 613. The van der Waals surface area contributed by atoms with Crippen molar-refractivity contribution in [3.05, 3.63) is 40.8 Å². The maximum absolute atomic E-state index is 11.7. The first-order valence-electron chi connectivity index (χ1n) is 5.64.